The third-order valence-corrected chi connectivity index (χ3v) is 9.46. The van der Waals surface area contributed by atoms with E-state index in [2.05, 4.69) is 38.1 Å². The van der Waals surface area contributed by atoms with E-state index < -0.39 is 6.69 Å². The van der Waals surface area contributed by atoms with E-state index in [1.165, 1.54) is 37.7 Å². The van der Waals surface area contributed by atoms with Crippen molar-refractivity contribution in [3.8, 4) is 0 Å². The monoisotopic (exact) mass is 314 g/mol. The van der Waals surface area contributed by atoms with E-state index in [1.807, 2.05) is 0 Å². The van der Waals surface area contributed by atoms with Crippen molar-refractivity contribution in [2.45, 2.75) is 52.0 Å². The molecule has 1 aliphatic rings. The Morgan fingerprint density at radius 1 is 1.05 bits per heavy atom. The van der Waals surface area contributed by atoms with E-state index in [-0.39, 0.29) is 0 Å². The van der Waals surface area contributed by atoms with Gasteiger partial charge in [0.2, 0.25) is 0 Å². The number of hydrogen-bond donors (Lipinski definition) is 0. The third kappa shape index (κ3) is 4.24. The van der Waals surface area contributed by atoms with Crippen molar-refractivity contribution >= 4 is 34.0 Å². The highest BCUT2D eigenvalue weighted by Gasteiger charge is 2.28. The number of rotatable bonds is 4. The molecule has 106 valence electrons. The summed E-state index contributed by atoms with van der Waals surface area (Å²) >= 11 is 12.8. The summed E-state index contributed by atoms with van der Waals surface area (Å²) in [6, 6.07) is 9.63. The minimum absolute atomic E-state index is 0.871. The fourth-order valence-electron chi connectivity index (χ4n) is 2.96. The summed E-state index contributed by atoms with van der Waals surface area (Å²) in [5, 5.41) is 1.15. The van der Waals surface area contributed by atoms with Crippen LogP contribution in [0, 0.1) is 11.8 Å². The van der Waals surface area contributed by atoms with Gasteiger partial charge < -0.3 is 0 Å². The molecule has 0 radical (unpaired) electrons. The molecule has 0 aliphatic heterocycles. The summed E-state index contributed by atoms with van der Waals surface area (Å²) < 4.78 is 0. The molecular weight excluding hydrogens is 291 g/mol. The second-order valence-electron chi connectivity index (χ2n) is 6.08. The largest absolute Gasteiger partial charge is 0.280 e. The summed E-state index contributed by atoms with van der Waals surface area (Å²) in [7, 11) is 0. The maximum Gasteiger partial charge on any atom is 0.280 e. The Labute approximate surface area is 127 Å². The van der Waals surface area contributed by atoms with Gasteiger partial charge in [-0.3, -0.25) is 0 Å². The summed E-state index contributed by atoms with van der Waals surface area (Å²) in [6.45, 7) is 2.26. The van der Waals surface area contributed by atoms with Crippen molar-refractivity contribution in [3.05, 3.63) is 29.8 Å². The van der Waals surface area contributed by atoms with Crippen molar-refractivity contribution in [2.24, 2.45) is 11.8 Å². The fraction of sp³-hybridized carbons (Fsp3) is 0.625. The average Bonchev–Trinajstić information content (AvgIpc) is 2.42. The molecular formula is C16H24Cl2Si. The highest BCUT2D eigenvalue weighted by atomic mass is 35.7. The van der Waals surface area contributed by atoms with Gasteiger partial charge in [0.15, 0.2) is 0 Å². The quantitative estimate of drug-likeness (QED) is 0.529. The molecule has 0 amide bonds. The summed E-state index contributed by atoms with van der Waals surface area (Å²) in [5.41, 5.74) is 1.44. The lowest BCUT2D eigenvalue weighted by molar-refractivity contribution is 0.289. The van der Waals surface area contributed by atoms with Gasteiger partial charge in [0.1, 0.15) is 0 Å². The molecule has 1 fully saturated rings. The standard InChI is InChI=1S/C16H24Cl2Si/c1-3-19(17,18)16-10-8-15(9-11-16)12-14-6-4-13(2)5-7-14/h8-11,13-14H,3-7,12H2,1-2H3. The number of hydrogen-bond acceptors (Lipinski definition) is 0. The molecule has 0 atom stereocenters. The van der Waals surface area contributed by atoms with Crippen molar-refractivity contribution in [2.75, 3.05) is 0 Å². The minimum atomic E-state index is -2.19. The first-order chi connectivity index (χ1) is 9.01. The Morgan fingerprint density at radius 2 is 1.63 bits per heavy atom. The maximum absolute atomic E-state index is 6.41. The number of halogens is 2. The van der Waals surface area contributed by atoms with Crippen molar-refractivity contribution in [1.82, 2.24) is 0 Å². The predicted molar refractivity (Wildman–Crippen MR) is 88.8 cm³/mol. The average molecular weight is 315 g/mol. The molecule has 1 saturated carbocycles. The van der Waals surface area contributed by atoms with E-state index >= 15 is 0 Å². The summed E-state index contributed by atoms with van der Waals surface area (Å²) in [6.07, 6.45) is 6.80. The zero-order chi connectivity index (χ0) is 13.9. The Hall–Kier alpha value is 0.0169. The first kappa shape index (κ1) is 15.4. The highest BCUT2D eigenvalue weighted by Crippen LogP contribution is 2.30. The first-order valence-corrected chi connectivity index (χ1v) is 11.7. The molecule has 0 unspecified atom stereocenters. The molecule has 19 heavy (non-hydrogen) atoms. The molecule has 0 N–H and O–H groups in total. The normalized spacial score (nSPS) is 24.4. The third-order valence-electron chi connectivity index (χ3n) is 4.48. The van der Waals surface area contributed by atoms with Gasteiger partial charge in [0.25, 0.3) is 6.69 Å². The van der Waals surface area contributed by atoms with E-state index in [4.69, 9.17) is 22.2 Å². The maximum atomic E-state index is 6.41. The zero-order valence-corrected chi connectivity index (χ0v) is 14.5. The molecule has 0 spiro atoms. The second kappa shape index (κ2) is 6.65. The molecule has 1 aliphatic carbocycles. The van der Waals surface area contributed by atoms with Crippen LogP contribution >= 0.6 is 22.2 Å². The number of benzene rings is 1. The van der Waals surface area contributed by atoms with Gasteiger partial charge in [-0.05, 0) is 47.9 Å². The molecule has 0 nitrogen and oxygen atoms in total. The molecule has 1 aromatic rings. The summed E-state index contributed by atoms with van der Waals surface area (Å²) in [5.74, 6) is 1.81. The topological polar surface area (TPSA) is 0 Å². The van der Waals surface area contributed by atoms with E-state index in [0.717, 1.165) is 23.1 Å². The Kier molecular flexibility index (Phi) is 5.39. The van der Waals surface area contributed by atoms with E-state index in [9.17, 15) is 0 Å². The highest BCUT2D eigenvalue weighted by molar-refractivity contribution is 7.50. The van der Waals surface area contributed by atoms with Crippen LogP contribution in [-0.2, 0) is 6.42 Å². The fourth-order valence-corrected chi connectivity index (χ4v) is 4.77. The predicted octanol–water partition coefficient (Wildman–Crippen LogP) is 5.20. The van der Waals surface area contributed by atoms with Gasteiger partial charge in [-0.2, -0.15) is 0 Å². The molecule has 0 aromatic heterocycles. The molecule has 1 aromatic carbocycles. The molecule has 0 bridgehead atoms. The lowest BCUT2D eigenvalue weighted by Gasteiger charge is -2.26. The van der Waals surface area contributed by atoms with Crippen LogP contribution in [-0.4, -0.2) is 6.69 Å². The summed E-state index contributed by atoms with van der Waals surface area (Å²) in [4.78, 5) is 0. The second-order valence-corrected chi connectivity index (χ2v) is 13.2. The molecule has 0 saturated heterocycles. The Morgan fingerprint density at radius 3 is 2.16 bits per heavy atom. The van der Waals surface area contributed by atoms with E-state index in [0.29, 0.717) is 0 Å². The first-order valence-electron chi connectivity index (χ1n) is 7.48. The van der Waals surface area contributed by atoms with Crippen LogP contribution in [0.25, 0.3) is 0 Å². The van der Waals surface area contributed by atoms with Gasteiger partial charge in [-0.1, -0.05) is 51.0 Å². The van der Waals surface area contributed by atoms with E-state index in [1.54, 1.807) is 0 Å². The minimum Gasteiger partial charge on any atom is -0.140 e. The van der Waals surface area contributed by atoms with Crippen LogP contribution in [0.4, 0.5) is 0 Å². The zero-order valence-electron chi connectivity index (χ0n) is 12.0. The van der Waals surface area contributed by atoms with Gasteiger partial charge in [-0.25, -0.2) is 0 Å². The van der Waals surface area contributed by atoms with Gasteiger partial charge in [0, 0.05) is 0 Å². The van der Waals surface area contributed by atoms with Gasteiger partial charge in [0.05, 0.1) is 0 Å². The van der Waals surface area contributed by atoms with Crippen LogP contribution in [0.3, 0.4) is 0 Å². The van der Waals surface area contributed by atoms with Crippen molar-refractivity contribution < 1.29 is 0 Å². The molecule has 0 heterocycles. The van der Waals surface area contributed by atoms with Gasteiger partial charge in [-0.15, -0.1) is 22.2 Å². The van der Waals surface area contributed by atoms with Crippen LogP contribution in [0.1, 0.15) is 45.1 Å². The molecule has 3 heteroatoms. The Balaban J connectivity index is 1.95. The van der Waals surface area contributed by atoms with Crippen LogP contribution in [0.5, 0.6) is 0 Å². The van der Waals surface area contributed by atoms with Crippen molar-refractivity contribution in [3.63, 3.8) is 0 Å². The van der Waals surface area contributed by atoms with Crippen molar-refractivity contribution in [1.29, 1.82) is 0 Å². The van der Waals surface area contributed by atoms with Crippen LogP contribution in [0.15, 0.2) is 24.3 Å². The molecule has 2 rings (SSSR count). The Bertz CT molecular complexity index is 392. The SMILES string of the molecule is CC[Si](Cl)(Cl)c1ccc(CC2CCC(C)CC2)cc1. The van der Waals surface area contributed by atoms with Crippen LogP contribution < -0.4 is 5.19 Å². The smallest absolute Gasteiger partial charge is 0.140 e. The van der Waals surface area contributed by atoms with Gasteiger partial charge >= 0.3 is 0 Å². The van der Waals surface area contributed by atoms with Crippen LogP contribution in [0.2, 0.25) is 6.04 Å². The lowest BCUT2D eigenvalue weighted by Crippen LogP contribution is -2.35. The lowest BCUT2D eigenvalue weighted by atomic mass is 9.80.